The average Bonchev–Trinajstić information content (AvgIpc) is 2.94. The summed E-state index contributed by atoms with van der Waals surface area (Å²) in [6.45, 7) is -0.334. The molecular weight excluding hydrogens is 278 g/mol. The molecule has 110 valence electrons. The van der Waals surface area contributed by atoms with Gasteiger partial charge in [0.15, 0.2) is 0 Å². The highest BCUT2D eigenvalue weighted by atomic mass is 19.3. The van der Waals surface area contributed by atoms with E-state index < -0.39 is 6.61 Å². The first-order chi connectivity index (χ1) is 10.1. The van der Waals surface area contributed by atoms with Gasteiger partial charge in [-0.15, -0.1) is 0 Å². The molecule has 2 rings (SSSR count). The number of hydrogen-bond acceptors (Lipinski definition) is 3. The lowest BCUT2D eigenvalue weighted by Gasteiger charge is -2.03. The molecular formula is C15H14F2N2O2. The number of alkyl halides is 2. The van der Waals surface area contributed by atoms with E-state index in [0.29, 0.717) is 17.8 Å². The lowest BCUT2D eigenvalue weighted by Crippen LogP contribution is -2.07. The summed E-state index contributed by atoms with van der Waals surface area (Å²) >= 11 is 0. The van der Waals surface area contributed by atoms with Crippen LogP contribution in [0.5, 0.6) is 5.75 Å². The third-order valence-corrected chi connectivity index (χ3v) is 2.80. The summed E-state index contributed by atoms with van der Waals surface area (Å²) in [5, 5.41) is 4.02. The first kappa shape index (κ1) is 14.9. The molecule has 4 nitrogen and oxygen atoms in total. The Bertz CT molecular complexity index is 633. The number of benzene rings is 1. The number of hydrogen-bond donors (Lipinski definition) is 0. The number of halogens is 2. The molecule has 0 saturated heterocycles. The molecule has 2 aromatic rings. The van der Waals surface area contributed by atoms with Crippen molar-refractivity contribution in [3.63, 3.8) is 0 Å². The fourth-order valence-electron chi connectivity index (χ4n) is 1.81. The smallest absolute Gasteiger partial charge is 0.387 e. The third kappa shape index (κ3) is 3.98. The Morgan fingerprint density at radius 2 is 2.05 bits per heavy atom. The lowest BCUT2D eigenvalue weighted by molar-refractivity contribution is -0.0498. The first-order valence-corrected chi connectivity index (χ1v) is 6.39. The number of aromatic nitrogens is 2. The third-order valence-electron chi connectivity index (χ3n) is 2.80. The van der Waals surface area contributed by atoms with Gasteiger partial charge in [0, 0.05) is 12.7 Å². The Kier molecular flexibility index (Phi) is 4.81. The number of ketones is 1. The molecule has 0 aliphatic rings. The van der Waals surface area contributed by atoms with Crippen LogP contribution in [-0.4, -0.2) is 22.2 Å². The largest absolute Gasteiger partial charge is 0.435 e. The highest BCUT2D eigenvalue weighted by molar-refractivity contribution is 6.05. The van der Waals surface area contributed by atoms with Gasteiger partial charge in [0.2, 0.25) is 5.78 Å². The van der Waals surface area contributed by atoms with Gasteiger partial charge in [-0.05, 0) is 36.8 Å². The zero-order chi connectivity index (χ0) is 15.2. The van der Waals surface area contributed by atoms with Crippen molar-refractivity contribution < 1.29 is 18.3 Å². The van der Waals surface area contributed by atoms with Gasteiger partial charge >= 0.3 is 6.61 Å². The average molecular weight is 292 g/mol. The van der Waals surface area contributed by atoms with Crippen LogP contribution in [0.15, 0.2) is 42.6 Å². The second kappa shape index (κ2) is 6.78. The second-order valence-electron chi connectivity index (χ2n) is 4.18. The SMILES string of the molecule is CCn1nccc1C(=O)C=Cc1ccc(OC(F)F)cc1. The number of aryl methyl sites for hydroxylation is 1. The monoisotopic (exact) mass is 292 g/mol. The summed E-state index contributed by atoms with van der Waals surface area (Å²) in [5.41, 5.74) is 1.22. The van der Waals surface area contributed by atoms with Crippen molar-refractivity contribution in [1.29, 1.82) is 0 Å². The standard InChI is InChI=1S/C15H14F2N2O2/c1-2-19-13(9-10-18-19)14(20)8-5-11-3-6-12(7-4-11)21-15(16)17/h3-10,15H,2H2,1H3. The molecule has 0 spiro atoms. The van der Waals surface area contributed by atoms with Gasteiger partial charge in [0.1, 0.15) is 11.4 Å². The normalized spacial score (nSPS) is 11.2. The fourth-order valence-corrected chi connectivity index (χ4v) is 1.81. The van der Waals surface area contributed by atoms with Crippen LogP contribution in [0.3, 0.4) is 0 Å². The number of rotatable bonds is 6. The number of carbonyl (C=O) groups is 1. The van der Waals surface area contributed by atoms with Crippen LogP contribution in [0.25, 0.3) is 6.08 Å². The topological polar surface area (TPSA) is 44.1 Å². The minimum atomic E-state index is -2.85. The molecule has 1 heterocycles. The number of ether oxygens (including phenoxy) is 1. The number of allylic oxidation sites excluding steroid dienone is 1. The van der Waals surface area contributed by atoms with E-state index in [4.69, 9.17) is 0 Å². The molecule has 0 radical (unpaired) electrons. The summed E-state index contributed by atoms with van der Waals surface area (Å²) < 4.78 is 29.9. The molecule has 1 aromatic heterocycles. The van der Waals surface area contributed by atoms with Crippen molar-refractivity contribution in [2.45, 2.75) is 20.1 Å². The van der Waals surface area contributed by atoms with Gasteiger partial charge in [0.05, 0.1) is 0 Å². The Hall–Kier alpha value is -2.50. The van der Waals surface area contributed by atoms with E-state index in [1.54, 1.807) is 35.2 Å². The Labute approximate surface area is 120 Å². The summed E-state index contributed by atoms with van der Waals surface area (Å²) in [4.78, 5) is 12.0. The van der Waals surface area contributed by atoms with Crippen LogP contribution < -0.4 is 4.74 Å². The van der Waals surface area contributed by atoms with Gasteiger partial charge in [-0.2, -0.15) is 13.9 Å². The van der Waals surface area contributed by atoms with Crippen LogP contribution in [0.2, 0.25) is 0 Å². The van der Waals surface area contributed by atoms with Gasteiger partial charge in [-0.3, -0.25) is 9.48 Å². The molecule has 0 saturated carbocycles. The van der Waals surface area contributed by atoms with Gasteiger partial charge < -0.3 is 4.74 Å². The molecule has 21 heavy (non-hydrogen) atoms. The van der Waals surface area contributed by atoms with E-state index in [9.17, 15) is 13.6 Å². The minimum absolute atomic E-state index is 0.0811. The van der Waals surface area contributed by atoms with Gasteiger partial charge in [-0.1, -0.05) is 18.2 Å². The van der Waals surface area contributed by atoms with E-state index >= 15 is 0 Å². The van der Waals surface area contributed by atoms with Crippen molar-refractivity contribution in [1.82, 2.24) is 9.78 Å². The lowest BCUT2D eigenvalue weighted by atomic mass is 10.1. The summed E-state index contributed by atoms with van der Waals surface area (Å²) in [7, 11) is 0. The molecule has 0 aliphatic heterocycles. The van der Waals surface area contributed by atoms with Crippen LogP contribution in [0, 0.1) is 0 Å². The summed E-state index contributed by atoms with van der Waals surface area (Å²) in [6.07, 6.45) is 4.61. The van der Waals surface area contributed by atoms with Crippen LogP contribution >= 0.6 is 0 Å². The zero-order valence-electron chi connectivity index (χ0n) is 11.4. The second-order valence-corrected chi connectivity index (χ2v) is 4.18. The minimum Gasteiger partial charge on any atom is -0.435 e. The summed E-state index contributed by atoms with van der Waals surface area (Å²) in [6, 6.07) is 7.69. The first-order valence-electron chi connectivity index (χ1n) is 6.39. The van der Waals surface area contributed by atoms with E-state index in [-0.39, 0.29) is 11.5 Å². The van der Waals surface area contributed by atoms with E-state index in [1.165, 1.54) is 18.2 Å². The van der Waals surface area contributed by atoms with Gasteiger partial charge in [-0.25, -0.2) is 0 Å². The predicted octanol–water partition coefficient (Wildman–Crippen LogP) is 3.40. The number of nitrogens with zero attached hydrogens (tertiary/aromatic N) is 2. The maximum absolute atomic E-state index is 12.0. The van der Waals surface area contributed by atoms with Gasteiger partial charge in [0.25, 0.3) is 0 Å². The van der Waals surface area contributed by atoms with Crippen molar-refractivity contribution in [3.8, 4) is 5.75 Å². The van der Waals surface area contributed by atoms with E-state index in [0.717, 1.165) is 0 Å². The molecule has 0 aliphatic carbocycles. The molecule has 0 fully saturated rings. The highest BCUT2D eigenvalue weighted by Crippen LogP contribution is 2.16. The number of carbonyl (C=O) groups excluding carboxylic acids is 1. The molecule has 0 unspecified atom stereocenters. The van der Waals surface area contributed by atoms with Crippen LogP contribution in [-0.2, 0) is 6.54 Å². The quantitative estimate of drug-likeness (QED) is 0.605. The molecule has 6 heteroatoms. The Balaban J connectivity index is 2.05. The van der Waals surface area contributed by atoms with Crippen LogP contribution in [0.4, 0.5) is 8.78 Å². The Morgan fingerprint density at radius 1 is 1.33 bits per heavy atom. The van der Waals surface area contributed by atoms with Crippen molar-refractivity contribution in [2.75, 3.05) is 0 Å². The predicted molar refractivity (Wildman–Crippen MR) is 74.3 cm³/mol. The maximum atomic E-state index is 12.0. The molecule has 0 N–H and O–H groups in total. The molecule has 0 amide bonds. The van der Waals surface area contributed by atoms with E-state index in [2.05, 4.69) is 9.84 Å². The van der Waals surface area contributed by atoms with E-state index in [1.807, 2.05) is 6.92 Å². The fraction of sp³-hybridized carbons (Fsp3) is 0.200. The molecule has 1 aromatic carbocycles. The molecule has 0 atom stereocenters. The van der Waals surface area contributed by atoms with Crippen LogP contribution in [0.1, 0.15) is 23.0 Å². The molecule has 0 bridgehead atoms. The van der Waals surface area contributed by atoms with Crippen molar-refractivity contribution in [2.24, 2.45) is 0 Å². The zero-order valence-corrected chi connectivity index (χ0v) is 11.4. The Morgan fingerprint density at radius 3 is 2.67 bits per heavy atom. The maximum Gasteiger partial charge on any atom is 0.387 e. The summed E-state index contributed by atoms with van der Waals surface area (Å²) in [5.74, 6) is -0.0835. The van der Waals surface area contributed by atoms with Crippen molar-refractivity contribution in [3.05, 3.63) is 53.9 Å². The highest BCUT2D eigenvalue weighted by Gasteiger charge is 2.07. The van der Waals surface area contributed by atoms with Crippen molar-refractivity contribution >= 4 is 11.9 Å².